The lowest BCUT2D eigenvalue weighted by Crippen LogP contribution is -2.36. The van der Waals surface area contributed by atoms with E-state index in [9.17, 15) is 19.7 Å². The second-order valence-electron chi connectivity index (χ2n) is 8.96. The zero-order chi connectivity index (χ0) is 30.5. The molecule has 1 aromatic heterocycles. The number of hydrogen-bond donors (Lipinski definition) is 2. The number of unbranched alkanes of at least 4 members (excludes halogenated alkanes) is 1. The monoisotopic (exact) mass is 601 g/mol. The van der Waals surface area contributed by atoms with Gasteiger partial charge in [0.05, 0.1) is 18.9 Å². The van der Waals surface area contributed by atoms with E-state index in [1.165, 1.54) is 0 Å². The Morgan fingerprint density at radius 2 is 1.93 bits per heavy atom. The molecule has 0 aliphatic heterocycles. The molecule has 3 aromatic rings. The number of nitrogens with two attached hydrogens (primary N) is 2. The third-order valence-corrected chi connectivity index (χ3v) is 6.37. The highest BCUT2D eigenvalue weighted by molar-refractivity contribution is 6.30. The van der Waals surface area contributed by atoms with E-state index >= 15 is 0 Å². The molecule has 224 valence electrons. The second kappa shape index (κ2) is 15.9. The van der Waals surface area contributed by atoms with Gasteiger partial charge in [-0.2, -0.15) is 0 Å². The van der Waals surface area contributed by atoms with Gasteiger partial charge in [0.15, 0.2) is 11.0 Å². The number of nitrogens with zero attached hydrogens (tertiary/aromatic N) is 5. The van der Waals surface area contributed by atoms with Crippen LogP contribution in [0.1, 0.15) is 48.8 Å². The van der Waals surface area contributed by atoms with Gasteiger partial charge >= 0.3 is 6.09 Å². The van der Waals surface area contributed by atoms with E-state index in [-0.39, 0.29) is 32.1 Å². The van der Waals surface area contributed by atoms with Crippen molar-refractivity contribution >= 4 is 30.0 Å². The summed E-state index contributed by atoms with van der Waals surface area (Å²) in [5.41, 5.74) is 9.91. The Hall–Kier alpha value is -4.69. The predicted octanol–water partition coefficient (Wildman–Crippen LogP) is 3.80. The van der Waals surface area contributed by atoms with Crippen LogP contribution in [-0.2, 0) is 38.7 Å². The number of carbonyl (C=O) groups is 2. The van der Waals surface area contributed by atoms with Crippen LogP contribution in [0.2, 0.25) is 5.15 Å². The molecule has 1 amide bonds. The van der Waals surface area contributed by atoms with Gasteiger partial charge in [-0.15, -0.1) is 20.3 Å². The van der Waals surface area contributed by atoms with Crippen LogP contribution in [-0.4, -0.2) is 51.4 Å². The number of aryl methyl sites for hydroxylation is 1. The van der Waals surface area contributed by atoms with E-state index in [1.807, 2.05) is 41.0 Å². The molecule has 4 N–H and O–H groups in total. The number of aromatic nitrogens is 2. The lowest BCUT2D eigenvalue weighted by molar-refractivity contribution is -0.757. The molecule has 2 aromatic carbocycles. The Labute approximate surface area is 246 Å². The van der Waals surface area contributed by atoms with Gasteiger partial charge in [-0.25, -0.2) is 15.6 Å². The highest BCUT2D eigenvalue weighted by atomic mass is 35.5. The zero-order valence-corrected chi connectivity index (χ0v) is 23.7. The molecule has 0 saturated heterocycles. The molecule has 0 saturated carbocycles. The first-order valence-corrected chi connectivity index (χ1v) is 13.4. The first-order chi connectivity index (χ1) is 20.2. The summed E-state index contributed by atoms with van der Waals surface area (Å²) in [4.78, 5) is 41.7. The minimum Gasteiger partial charge on any atom is -0.461 e. The van der Waals surface area contributed by atoms with Gasteiger partial charge in [-0.1, -0.05) is 73.5 Å². The van der Waals surface area contributed by atoms with Crippen LogP contribution in [0, 0.1) is 10.1 Å². The van der Waals surface area contributed by atoms with E-state index < -0.39 is 11.2 Å². The van der Waals surface area contributed by atoms with Crippen LogP contribution in [0.25, 0.3) is 11.1 Å². The second-order valence-corrected chi connectivity index (χ2v) is 9.32. The van der Waals surface area contributed by atoms with Crippen LogP contribution in [0.3, 0.4) is 0 Å². The van der Waals surface area contributed by atoms with Crippen molar-refractivity contribution in [1.82, 2.24) is 14.7 Å². The molecular formula is C27H32ClN7O7. The van der Waals surface area contributed by atoms with Crippen molar-refractivity contribution in [2.24, 2.45) is 16.7 Å². The summed E-state index contributed by atoms with van der Waals surface area (Å²) in [7, 11) is 0. The molecule has 0 atom stereocenters. The minimum atomic E-state index is -0.989. The van der Waals surface area contributed by atoms with Gasteiger partial charge in [0, 0.05) is 24.9 Å². The number of hydrogen-bond acceptors (Lipinski definition) is 10. The summed E-state index contributed by atoms with van der Waals surface area (Å²) in [6.45, 7) is 2.59. The maximum Gasteiger partial charge on any atom is 0.445 e. The number of hydrazine groups is 1. The summed E-state index contributed by atoms with van der Waals surface area (Å²) in [5, 5.41) is 13.9. The normalized spacial score (nSPS) is 11.2. The summed E-state index contributed by atoms with van der Waals surface area (Å²) >= 11 is 6.37. The molecule has 15 heteroatoms. The Balaban J connectivity index is 1.76. The summed E-state index contributed by atoms with van der Waals surface area (Å²) in [6.07, 6.45) is 1.78. The lowest BCUT2D eigenvalue weighted by Gasteiger charge is -2.15. The molecule has 1 heterocycles. The maximum atomic E-state index is 12.1. The fourth-order valence-corrected chi connectivity index (χ4v) is 4.29. The third-order valence-electron chi connectivity index (χ3n) is 6.07. The Kier molecular flexibility index (Phi) is 12.1. The number of amides is 1. The average Bonchev–Trinajstić information content (AvgIpc) is 3.27. The van der Waals surface area contributed by atoms with Crippen LogP contribution in [0.5, 0.6) is 0 Å². The van der Waals surface area contributed by atoms with Crippen molar-refractivity contribution in [2.45, 2.75) is 45.8 Å². The van der Waals surface area contributed by atoms with Crippen molar-refractivity contribution in [3.63, 3.8) is 0 Å². The first-order valence-electron chi connectivity index (χ1n) is 13.1. The zero-order valence-electron chi connectivity index (χ0n) is 23.0. The minimum absolute atomic E-state index is 0.0211. The highest BCUT2D eigenvalue weighted by Gasteiger charge is 2.17. The van der Waals surface area contributed by atoms with Gasteiger partial charge in [-0.05, 0) is 23.1 Å². The van der Waals surface area contributed by atoms with E-state index in [0.717, 1.165) is 41.8 Å². The number of rotatable bonds is 16. The fraction of sp³-hybridized carbons (Fsp3) is 0.333. The molecule has 0 aliphatic rings. The largest absolute Gasteiger partial charge is 0.461 e. The van der Waals surface area contributed by atoms with E-state index in [1.54, 1.807) is 12.1 Å². The maximum absolute atomic E-state index is 12.1. The first kappa shape index (κ1) is 31.8. The van der Waals surface area contributed by atoms with Crippen LogP contribution < -0.4 is 11.6 Å². The van der Waals surface area contributed by atoms with Gasteiger partial charge < -0.3 is 24.6 Å². The van der Waals surface area contributed by atoms with Gasteiger partial charge in [0.2, 0.25) is 0 Å². The van der Waals surface area contributed by atoms with Crippen molar-refractivity contribution in [1.29, 1.82) is 0 Å². The SMILES string of the molecule is CCCCc1nc(Cl)c(COC=O)n1Cc1ccc(-c2ccccc2/C(N)=N/N(N)C(=O)OCCCO[N+](=O)[O-])cc1. The van der Waals surface area contributed by atoms with E-state index in [4.69, 9.17) is 32.7 Å². The molecular weight excluding hydrogens is 570 g/mol. The quantitative estimate of drug-likeness (QED) is 0.0357. The number of ether oxygens (including phenoxy) is 2. The van der Waals surface area contributed by atoms with E-state index in [2.05, 4.69) is 21.8 Å². The van der Waals surface area contributed by atoms with Crippen LogP contribution in [0.15, 0.2) is 53.6 Å². The van der Waals surface area contributed by atoms with Crippen LogP contribution >= 0.6 is 11.6 Å². The Morgan fingerprint density at radius 1 is 1.19 bits per heavy atom. The number of halogens is 1. The van der Waals surface area contributed by atoms with E-state index in [0.29, 0.717) is 34.5 Å². The number of amidine groups is 1. The number of carbonyl (C=O) groups excluding carboxylic acids is 2. The average molecular weight is 602 g/mol. The molecule has 3 rings (SSSR count). The topological polar surface area (TPSA) is 190 Å². The van der Waals surface area contributed by atoms with Crippen molar-refractivity contribution in [2.75, 3.05) is 13.2 Å². The van der Waals surface area contributed by atoms with Gasteiger partial charge in [0.25, 0.3) is 11.6 Å². The number of imidazole rings is 1. The fourth-order valence-electron chi connectivity index (χ4n) is 4.03. The van der Waals surface area contributed by atoms with Crippen molar-refractivity contribution < 1.29 is 29.0 Å². The van der Waals surface area contributed by atoms with Gasteiger partial charge in [-0.3, -0.25) is 4.79 Å². The number of benzene rings is 2. The van der Waals surface area contributed by atoms with Crippen LogP contribution in [0.4, 0.5) is 4.79 Å². The summed E-state index contributed by atoms with van der Waals surface area (Å²) < 4.78 is 11.9. The van der Waals surface area contributed by atoms with Gasteiger partial charge in [0.1, 0.15) is 12.4 Å². The standard InChI is InChI=1S/C27H32ClN7O7/c1-2-3-9-24-31-25(28)23(17-40-18-36)33(24)16-19-10-12-20(13-11-19)21-7-4-5-8-22(21)26(29)32-34(30)27(37)41-14-6-15-42-35(38)39/h4-5,7-8,10-13,18H,2-3,6,9,14-17,30H2,1H3,(H2,29,32). The Bertz CT molecular complexity index is 1400. The smallest absolute Gasteiger partial charge is 0.445 e. The Morgan fingerprint density at radius 3 is 2.62 bits per heavy atom. The lowest BCUT2D eigenvalue weighted by atomic mass is 9.98. The molecule has 0 fully saturated rings. The molecule has 0 radical (unpaired) electrons. The highest BCUT2D eigenvalue weighted by Crippen LogP contribution is 2.26. The predicted molar refractivity (Wildman–Crippen MR) is 153 cm³/mol. The molecule has 0 spiro atoms. The van der Waals surface area contributed by atoms with Crippen molar-refractivity contribution in [3.8, 4) is 11.1 Å². The third kappa shape index (κ3) is 8.91. The molecule has 0 aliphatic carbocycles. The summed E-state index contributed by atoms with van der Waals surface area (Å²) in [6, 6.07) is 15.0. The molecule has 0 unspecified atom stereocenters. The molecule has 0 bridgehead atoms. The molecule has 14 nitrogen and oxygen atoms in total. The van der Waals surface area contributed by atoms with Crippen molar-refractivity contribution in [3.05, 3.63) is 86.4 Å². The molecule has 42 heavy (non-hydrogen) atoms. The summed E-state index contributed by atoms with van der Waals surface area (Å²) in [5.74, 6) is 6.48. The number of hydrazone groups is 1.